The Labute approximate surface area is 121 Å². The highest BCUT2D eigenvalue weighted by Crippen LogP contribution is 2.15. The third kappa shape index (κ3) is 5.03. The fraction of sp³-hybridized carbons (Fsp3) is 0.429. The monoisotopic (exact) mass is 327 g/mol. The molecule has 104 valence electrons. The zero-order chi connectivity index (χ0) is 14.4. The van der Waals surface area contributed by atoms with Crippen LogP contribution in [0.3, 0.4) is 0 Å². The van der Waals surface area contributed by atoms with Crippen LogP contribution in [0.15, 0.2) is 28.7 Å². The fourth-order valence-electron chi connectivity index (χ4n) is 1.78. The number of carboxylic acid groups (broad SMARTS) is 1. The van der Waals surface area contributed by atoms with E-state index in [0.29, 0.717) is 18.5 Å². The maximum atomic E-state index is 12.4. The number of hydrogen-bond acceptors (Lipinski definition) is 2. The number of benzene rings is 1. The molecule has 0 aliphatic rings. The lowest BCUT2D eigenvalue weighted by atomic mass is 10.1. The molecule has 0 aliphatic heterocycles. The van der Waals surface area contributed by atoms with Gasteiger partial charge in [-0.2, -0.15) is 0 Å². The number of amides is 1. The zero-order valence-corrected chi connectivity index (χ0v) is 12.7. The highest BCUT2D eigenvalue weighted by atomic mass is 79.9. The Morgan fingerprint density at radius 1 is 1.37 bits per heavy atom. The number of nitrogens with zero attached hydrogens (tertiary/aromatic N) is 1. The summed E-state index contributed by atoms with van der Waals surface area (Å²) in [6.07, 6.45) is 0.544. The summed E-state index contributed by atoms with van der Waals surface area (Å²) in [7, 11) is 0. The van der Waals surface area contributed by atoms with Crippen LogP contribution in [0.25, 0.3) is 0 Å². The first-order valence-electron chi connectivity index (χ1n) is 6.20. The first-order valence-corrected chi connectivity index (χ1v) is 6.99. The van der Waals surface area contributed by atoms with Crippen molar-refractivity contribution in [3.05, 3.63) is 34.3 Å². The minimum Gasteiger partial charge on any atom is -0.481 e. The standard InChI is InChI=1S/C14H18BrNO3/c1-10(2)16(8-4-7-13(17)18)14(19)11-5-3-6-12(15)9-11/h3,5-6,9-10H,4,7-8H2,1-2H3,(H,17,18). The number of carboxylic acids is 1. The van der Waals surface area contributed by atoms with E-state index in [9.17, 15) is 9.59 Å². The number of aliphatic carboxylic acids is 1. The lowest BCUT2D eigenvalue weighted by Crippen LogP contribution is -2.37. The topological polar surface area (TPSA) is 57.6 Å². The highest BCUT2D eigenvalue weighted by Gasteiger charge is 2.18. The largest absolute Gasteiger partial charge is 0.481 e. The molecule has 0 aromatic heterocycles. The van der Waals surface area contributed by atoms with Crippen molar-refractivity contribution < 1.29 is 14.7 Å². The molecule has 1 aromatic rings. The summed E-state index contributed by atoms with van der Waals surface area (Å²) in [5.41, 5.74) is 0.610. The second kappa shape index (κ2) is 7.28. The zero-order valence-electron chi connectivity index (χ0n) is 11.1. The summed E-state index contributed by atoms with van der Waals surface area (Å²) < 4.78 is 0.854. The molecule has 0 spiro atoms. The van der Waals surface area contributed by atoms with Gasteiger partial charge in [0, 0.05) is 29.0 Å². The number of carbonyl (C=O) groups is 2. The van der Waals surface area contributed by atoms with Gasteiger partial charge in [-0.15, -0.1) is 0 Å². The number of rotatable bonds is 6. The Kier molecular flexibility index (Phi) is 6.02. The smallest absolute Gasteiger partial charge is 0.303 e. The maximum absolute atomic E-state index is 12.4. The molecular formula is C14H18BrNO3. The van der Waals surface area contributed by atoms with Crippen molar-refractivity contribution in [3.8, 4) is 0 Å². The van der Waals surface area contributed by atoms with Gasteiger partial charge in [0.2, 0.25) is 0 Å². The van der Waals surface area contributed by atoms with Crippen molar-refractivity contribution in [2.45, 2.75) is 32.7 Å². The van der Waals surface area contributed by atoms with E-state index >= 15 is 0 Å². The molecule has 5 heteroatoms. The van der Waals surface area contributed by atoms with E-state index in [4.69, 9.17) is 5.11 Å². The Balaban J connectivity index is 2.75. The van der Waals surface area contributed by atoms with Gasteiger partial charge in [-0.1, -0.05) is 22.0 Å². The molecule has 0 saturated carbocycles. The predicted octanol–water partition coefficient (Wildman–Crippen LogP) is 3.16. The first kappa shape index (κ1) is 15.7. The van der Waals surface area contributed by atoms with Crippen LogP contribution in [0.4, 0.5) is 0 Å². The van der Waals surface area contributed by atoms with Crippen LogP contribution in [0.2, 0.25) is 0 Å². The molecule has 0 fully saturated rings. The molecule has 1 N–H and O–H groups in total. The molecule has 0 heterocycles. The molecule has 0 saturated heterocycles. The molecule has 0 atom stereocenters. The van der Waals surface area contributed by atoms with Gasteiger partial charge in [-0.25, -0.2) is 0 Å². The van der Waals surface area contributed by atoms with Crippen LogP contribution in [-0.4, -0.2) is 34.5 Å². The van der Waals surface area contributed by atoms with Gasteiger partial charge in [0.1, 0.15) is 0 Å². The Bertz CT molecular complexity index is 460. The Hall–Kier alpha value is -1.36. The van der Waals surface area contributed by atoms with Crippen molar-refractivity contribution in [1.29, 1.82) is 0 Å². The van der Waals surface area contributed by atoms with E-state index in [-0.39, 0.29) is 18.4 Å². The summed E-state index contributed by atoms with van der Waals surface area (Å²) in [5.74, 6) is -0.903. The third-order valence-electron chi connectivity index (χ3n) is 2.75. The second-order valence-electron chi connectivity index (χ2n) is 4.60. The van der Waals surface area contributed by atoms with Crippen LogP contribution in [0.1, 0.15) is 37.0 Å². The summed E-state index contributed by atoms with van der Waals surface area (Å²) in [6, 6.07) is 7.25. The summed E-state index contributed by atoms with van der Waals surface area (Å²) in [6.45, 7) is 4.31. The molecule has 1 amide bonds. The normalized spacial score (nSPS) is 10.5. The molecule has 4 nitrogen and oxygen atoms in total. The van der Waals surface area contributed by atoms with E-state index in [2.05, 4.69) is 15.9 Å². The minimum absolute atomic E-state index is 0.0419. The van der Waals surface area contributed by atoms with Gasteiger partial charge in [0.15, 0.2) is 0 Å². The van der Waals surface area contributed by atoms with Gasteiger partial charge in [0.25, 0.3) is 5.91 Å². The SMILES string of the molecule is CC(C)N(CCCC(=O)O)C(=O)c1cccc(Br)c1. The molecule has 19 heavy (non-hydrogen) atoms. The quantitative estimate of drug-likeness (QED) is 0.873. The van der Waals surface area contributed by atoms with Gasteiger partial charge < -0.3 is 10.0 Å². The molecule has 1 aromatic carbocycles. The minimum atomic E-state index is -0.835. The Morgan fingerprint density at radius 2 is 2.05 bits per heavy atom. The van der Waals surface area contributed by atoms with E-state index in [1.165, 1.54) is 0 Å². The van der Waals surface area contributed by atoms with Crippen molar-refractivity contribution in [1.82, 2.24) is 4.90 Å². The lowest BCUT2D eigenvalue weighted by molar-refractivity contribution is -0.137. The first-order chi connectivity index (χ1) is 8.91. The summed E-state index contributed by atoms with van der Waals surface area (Å²) in [5, 5.41) is 8.65. The number of hydrogen-bond donors (Lipinski definition) is 1. The van der Waals surface area contributed by atoms with Gasteiger partial charge in [-0.05, 0) is 38.5 Å². The van der Waals surface area contributed by atoms with Crippen LogP contribution < -0.4 is 0 Å². The van der Waals surface area contributed by atoms with Crippen LogP contribution >= 0.6 is 15.9 Å². The maximum Gasteiger partial charge on any atom is 0.303 e. The molecule has 0 radical (unpaired) electrons. The Morgan fingerprint density at radius 3 is 2.58 bits per heavy atom. The van der Waals surface area contributed by atoms with E-state index in [1.807, 2.05) is 26.0 Å². The fourth-order valence-corrected chi connectivity index (χ4v) is 2.18. The van der Waals surface area contributed by atoms with E-state index in [1.54, 1.807) is 17.0 Å². The van der Waals surface area contributed by atoms with Gasteiger partial charge in [0.05, 0.1) is 0 Å². The average molecular weight is 328 g/mol. The van der Waals surface area contributed by atoms with Crippen molar-refractivity contribution in [2.75, 3.05) is 6.54 Å². The van der Waals surface area contributed by atoms with Crippen molar-refractivity contribution in [2.24, 2.45) is 0 Å². The summed E-state index contributed by atoms with van der Waals surface area (Å²) in [4.78, 5) is 24.6. The summed E-state index contributed by atoms with van der Waals surface area (Å²) >= 11 is 3.34. The van der Waals surface area contributed by atoms with E-state index < -0.39 is 5.97 Å². The van der Waals surface area contributed by atoms with Gasteiger partial charge >= 0.3 is 5.97 Å². The van der Waals surface area contributed by atoms with Crippen molar-refractivity contribution in [3.63, 3.8) is 0 Å². The lowest BCUT2D eigenvalue weighted by Gasteiger charge is -2.26. The number of halogens is 1. The molecule has 0 unspecified atom stereocenters. The van der Waals surface area contributed by atoms with Crippen molar-refractivity contribution >= 4 is 27.8 Å². The molecular weight excluding hydrogens is 310 g/mol. The second-order valence-corrected chi connectivity index (χ2v) is 5.52. The van der Waals surface area contributed by atoms with Gasteiger partial charge in [-0.3, -0.25) is 9.59 Å². The van der Waals surface area contributed by atoms with Crippen LogP contribution in [0, 0.1) is 0 Å². The highest BCUT2D eigenvalue weighted by molar-refractivity contribution is 9.10. The average Bonchev–Trinajstić information content (AvgIpc) is 2.33. The molecule has 0 aliphatic carbocycles. The van der Waals surface area contributed by atoms with Crippen LogP contribution in [-0.2, 0) is 4.79 Å². The predicted molar refractivity (Wildman–Crippen MR) is 77.2 cm³/mol. The molecule has 1 rings (SSSR count). The van der Waals surface area contributed by atoms with E-state index in [0.717, 1.165) is 4.47 Å². The molecule has 0 bridgehead atoms. The third-order valence-corrected chi connectivity index (χ3v) is 3.24. The number of carbonyl (C=O) groups excluding carboxylic acids is 1. The van der Waals surface area contributed by atoms with Crippen LogP contribution in [0.5, 0.6) is 0 Å².